The minimum Gasteiger partial charge on any atom is -0.496 e. The molecule has 1 amide bonds. The Morgan fingerprint density at radius 1 is 1.55 bits per heavy atom. The lowest BCUT2D eigenvalue weighted by Gasteiger charge is -2.17. The highest BCUT2D eigenvalue weighted by Crippen LogP contribution is 2.25. The van der Waals surface area contributed by atoms with Crippen LogP contribution in [-0.2, 0) is 4.74 Å². The lowest BCUT2D eigenvalue weighted by atomic mass is 9.99. The molecule has 2 atom stereocenters. The Hall–Kier alpha value is -1.07. The summed E-state index contributed by atoms with van der Waals surface area (Å²) in [6.45, 7) is 3.56. The summed E-state index contributed by atoms with van der Waals surface area (Å²) in [5.41, 5.74) is 0.558. The maximum Gasteiger partial charge on any atom is 0.255 e. The van der Waals surface area contributed by atoms with Crippen LogP contribution in [-0.4, -0.2) is 32.3 Å². The fourth-order valence-corrected chi connectivity index (χ4v) is 2.89. The summed E-state index contributed by atoms with van der Waals surface area (Å²) in [6, 6.07) is 5.40. The Labute approximate surface area is 128 Å². The molecular formula is C15H20BrNO3. The smallest absolute Gasteiger partial charge is 0.255 e. The zero-order valence-corrected chi connectivity index (χ0v) is 13.4. The molecule has 2 rings (SSSR count). The van der Waals surface area contributed by atoms with E-state index in [1.165, 1.54) is 0 Å². The number of amides is 1. The van der Waals surface area contributed by atoms with E-state index < -0.39 is 0 Å². The van der Waals surface area contributed by atoms with Gasteiger partial charge in [0.15, 0.2) is 0 Å². The molecule has 5 heteroatoms. The van der Waals surface area contributed by atoms with Gasteiger partial charge in [-0.05, 0) is 31.0 Å². The Morgan fingerprint density at radius 2 is 2.35 bits per heavy atom. The Morgan fingerprint density at radius 3 is 3.05 bits per heavy atom. The molecule has 1 aromatic carbocycles. The molecule has 1 aliphatic heterocycles. The second-order valence-electron chi connectivity index (χ2n) is 4.92. The van der Waals surface area contributed by atoms with Crippen molar-refractivity contribution in [1.29, 1.82) is 0 Å². The SMILES string of the molecule is CCC1OCCC1CNC(=O)c1ccc(Br)cc1OC. The number of rotatable bonds is 5. The van der Waals surface area contributed by atoms with Gasteiger partial charge in [-0.3, -0.25) is 4.79 Å². The van der Waals surface area contributed by atoms with E-state index in [0.717, 1.165) is 23.9 Å². The van der Waals surface area contributed by atoms with Crippen molar-refractivity contribution in [1.82, 2.24) is 5.32 Å². The summed E-state index contributed by atoms with van der Waals surface area (Å²) in [7, 11) is 1.57. The van der Waals surface area contributed by atoms with E-state index >= 15 is 0 Å². The molecule has 1 heterocycles. The number of benzene rings is 1. The molecule has 0 aromatic heterocycles. The highest BCUT2D eigenvalue weighted by Gasteiger charge is 2.27. The molecule has 0 saturated carbocycles. The summed E-state index contributed by atoms with van der Waals surface area (Å²) in [5.74, 6) is 0.882. The van der Waals surface area contributed by atoms with Crippen LogP contribution in [0.1, 0.15) is 30.1 Å². The lowest BCUT2D eigenvalue weighted by Crippen LogP contribution is -2.32. The Kier molecular flexibility index (Phi) is 5.43. The molecule has 1 fully saturated rings. The Bertz CT molecular complexity index is 478. The summed E-state index contributed by atoms with van der Waals surface area (Å²) in [5, 5.41) is 2.99. The van der Waals surface area contributed by atoms with E-state index in [1.54, 1.807) is 19.2 Å². The minimum absolute atomic E-state index is 0.101. The van der Waals surface area contributed by atoms with Gasteiger partial charge >= 0.3 is 0 Å². The number of nitrogens with one attached hydrogen (secondary N) is 1. The van der Waals surface area contributed by atoms with Crippen LogP contribution in [0.5, 0.6) is 5.75 Å². The average Bonchev–Trinajstić information content (AvgIpc) is 2.92. The average molecular weight is 342 g/mol. The number of hydrogen-bond acceptors (Lipinski definition) is 3. The van der Waals surface area contributed by atoms with Crippen molar-refractivity contribution in [3.63, 3.8) is 0 Å². The van der Waals surface area contributed by atoms with Crippen LogP contribution < -0.4 is 10.1 Å². The van der Waals surface area contributed by atoms with Gasteiger partial charge in [-0.1, -0.05) is 22.9 Å². The van der Waals surface area contributed by atoms with Crippen molar-refractivity contribution in [3.05, 3.63) is 28.2 Å². The molecule has 1 aromatic rings. The first-order valence-corrected chi connectivity index (χ1v) is 7.68. The molecule has 4 nitrogen and oxygen atoms in total. The second-order valence-corrected chi connectivity index (χ2v) is 5.84. The maximum absolute atomic E-state index is 12.2. The van der Waals surface area contributed by atoms with Crippen molar-refractivity contribution in [3.8, 4) is 5.75 Å². The summed E-state index contributed by atoms with van der Waals surface area (Å²) < 4.78 is 11.8. The van der Waals surface area contributed by atoms with Gasteiger partial charge in [-0.2, -0.15) is 0 Å². The Balaban J connectivity index is 1.98. The monoisotopic (exact) mass is 341 g/mol. The number of halogens is 1. The normalized spacial score (nSPS) is 21.8. The van der Waals surface area contributed by atoms with E-state index in [-0.39, 0.29) is 12.0 Å². The molecule has 2 unspecified atom stereocenters. The van der Waals surface area contributed by atoms with Gasteiger partial charge < -0.3 is 14.8 Å². The predicted octanol–water partition coefficient (Wildman–Crippen LogP) is 3.00. The fourth-order valence-electron chi connectivity index (χ4n) is 2.55. The highest BCUT2D eigenvalue weighted by molar-refractivity contribution is 9.10. The van der Waals surface area contributed by atoms with E-state index in [9.17, 15) is 4.79 Å². The first kappa shape index (κ1) is 15.3. The van der Waals surface area contributed by atoms with Crippen LogP contribution in [0.2, 0.25) is 0 Å². The largest absolute Gasteiger partial charge is 0.496 e. The molecule has 1 N–H and O–H groups in total. The number of carbonyl (C=O) groups excluding carboxylic acids is 1. The quantitative estimate of drug-likeness (QED) is 0.895. The van der Waals surface area contributed by atoms with Crippen LogP contribution >= 0.6 is 15.9 Å². The van der Waals surface area contributed by atoms with Gasteiger partial charge in [0.2, 0.25) is 0 Å². The van der Waals surface area contributed by atoms with E-state index in [1.807, 2.05) is 6.07 Å². The molecule has 1 saturated heterocycles. The van der Waals surface area contributed by atoms with Gasteiger partial charge in [0.05, 0.1) is 18.8 Å². The van der Waals surface area contributed by atoms with Crippen molar-refractivity contribution >= 4 is 21.8 Å². The second kappa shape index (κ2) is 7.09. The number of carbonyl (C=O) groups is 1. The molecule has 110 valence electrons. The van der Waals surface area contributed by atoms with Crippen molar-refractivity contribution < 1.29 is 14.3 Å². The summed E-state index contributed by atoms with van der Waals surface area (Å²) in [6.07, 6.45) is 2.26. The third kappa shape index (κ3) is 3.52. The topological polar surface area (TPSA) is 47.6 Å². The third-order valence-electron chi connectivity index (χ3n) is 3.68. The minimum atomic E-state index is -0.101. The number of ether oxygens (including phenoxy) is 2. The predicted molar refractivity (Wildman–Crippen MR) is 81.2 cm³/mol. The lowest BCUT2D eigenvalue weighted by molar-refractivity contribution is 0.0826. The van der Waals surface area contributed by atoms with E-state index in [0.29, 0.717) is 23.8 Å². The third-order valence-corrected chi connectivity index (χ3v) is 4.17. The number of hydrogen-bond donors (Lipinski definition) is 1. The molecule has 1 aliphatic rings. The van der Waals surface area contributed by atoms with Crippen molar-refractivity contribution in [2.45, 2.75) is 25.9 Å². The van der Waals surface area contributed by atoms with Gasteiger partial charge in [0, 0.05) is 23.5 Å². The van der Waals surface area contributed by atoms with Crippen molar-refractivity contribution in [2.24, 2.45) is 5.92 Å². The molecule has 0 bridgehead atoms. The highest BCUT2D eigenvalue weighted by atomic mass is 79.9. The summed E-state index contributed by atoms with van der Waals surface area (Å²) >= 11 is 3.37. The molecule has 0 radical (unpaired) electrons. The zero-order valence-electron chi connectivity index (χ0n) is 11.8. The van der Waals surface area contributed by atoms with Crippen molar-refractivity contribution in [2.75, 3.05) is 20.3 Å². The number of methoxy groups -OCH3 is 1. The van der Waals surface area contributed by atoms with Gasteiger partial charge in [-0.15, -0.1) is 0 Å². The summed E-state index contributed by atoms with van der Waals surface area (Å²) in [4.78, 5) is 12.2. The van der Waals surface area contributed by atoms with Gasteiger partial charge in [0.1, 0.15) is 5.75 Å². The molecule has 0 aliphatic carbocycles. The van der Waals surface area contributed by atoms with Crippen LogP contribution in [0.15, 0.2) is 22.7 Å². The van der Waals surface area contributed by atoms with Crippen LogP contribution in [0.25, 0.3) is 0 Å². The van der Waals surface area contributed by atoms with Gasteiger partial charge in [0.25, 0.3) is 5.91 Å². The van der Waals surface area contributed by atoms with Crippen LogP contribution in [0, 0.1) is 5.92 Å². The molecule has 0 spiro atoms. The molecular weight excluding hydrogens is 322 g/mol. The fraction of sp³-hybridized carbons (Fsp3) is 0.533. The van der Waals surface area contributed by atoms with Gasteiger partial charge in [-0.25, -0.2) is 0 Å². The van der Waals surface area contributed by atoms with Crippen LogP contribution in [0.4, 0.5) is 0 Å². The van der Waals surface area contributed by atoms with E-state index in [2.05, 4.69) is 28.2 Å². The zero-order chi connectivity index (χ0) is 14.5. The van der Waals surface area contributed by atoms with Crippen LogP contribution in [0.3, 0.4) is 0 Å². The first-order valence-electron chi connectivity index (χ1n) is 6.89. The standard InChI is InChI=1S/C15H20BrNO3/c1-3-13-10(6-7-20-13)9-17-15(18)12-5-4-11(16)8-14(12)19-2/h4-5,8,10,13H,3,6-7,9H2,1-2H3,(H,17,18). The van der Waals surface area contributed by atoms with E-state index in [4.69, 9.17) is 9.47 Å². The molecule has 20 heavy (non-hydrogen) atoms. The first-order chi connectivity index (χ1) is 9.65. The maximum atomic E-state index is 12.2.